The van der Waals surface area contributed by atoms with Crippen LogP contribution >= 0.6 is 11.6 Å². The van der Waals surface area contributed by atoms with E-state index in [4.69, 9.17) is 11.6 Å². The third-order valence-corrected chi connectivity index (χ3v) is 4.22. The van der Waals surface area contributed by atoms with Gasteiger partial charge in [0.2, 0.25) is 5.88 Å². The molecule has 0 fully saturated rings. The lowest BCUT2D eigenvalue weighted by Crippen LogP contribution is -2.27. The Balaban J connectivity index is 2.05. The van der Waals surface area contributed by atoms with E-state index < -0.39 is 24.7 Å². The molecule has 10 heteroatoms. The number of amides is 1. The highest BCUT2D eigenvalue weighted by atomic mass is 35.5. The summed E-state index contributed by atoms with van der Waals surface area (Å²) >= 11 is 6.05. The Morgan fingerprint density at radius 3 is 2.55 bits per heavy atom. The zero-order valence-electron chi connectivity index (χ0n) is 15.7. The van der Waals surface area contributed by atoms with Gasteiger partial charge in [-0.1, -0.05) is 24.6 Å². The molecule has 1 unspecified atom stereocenters. The first kappa shape index (κ1) is 22.6. The molecular formula is C19H19ClF3N3O3. The number of hydrogen-bond donors (Lipinski definition) is 1. The number of carbonyl (C=O) groups is 2. The van der Waals surface area contributed by atoms with E-state index in [9.17, 15) is 22.8 Å². The lowest BCUT2D eigenvalue weighted by Gasteiger charge is -2.15. The number of nitrogens with zero attached hydrogens (tertiary/aromatic N) is 2. The van der Waals surface area contributed by atoms with Crippen LogP contribution in [-0.4, -0.2) is 34.4 Å². The second-order valence-corrected chi connectivity index (χ2v) is 6.66. The number of Topliss-reactive ketones (excluding diaryl/α,β-unsaturated/α-hetero) is 1. The Labute approximate surface area is 170 Å². The quantitative estimate of drug-likeness (QED) is 0.683. The van der Waals surface area contributed by atoms with Gasteiger partial charge in [-0.3, -0.25) is 14.6 Å². The van der Waals surface area contributed by atoms with Crippen molar-refractivity contribution >= 4 is 23.3 Å². The van der Waals surface area contributed by atoms with Crippen LogP contribution in [0, 0.1) is 0 Å². The van der Waals surface area contributed by atoms with Crippen LogP contribution in [0.2, 0.25) is 5.02 Å². The number of rotatable bonds is 8. The number of carbonyl (C=O) groups excluding carboxylic acids is 2. The predicted molar refractivity (Wildman–Crippen MR) is 99.9 cm³/mol. The largest absolute Gasteiger partial charge is 0.468 e. The molecule has 0 aliphatic rings. The third-order valence-electron chi connectivity index (χ3n) is 3.92. The minimum absolute atomic E-state index is 0.0153. The first-order valence-corrected chi connectivity index (χ1v) is 9.09. The standard InChI is InChI=1S/C19H19ClF3N3O3/c1-3-14(27)6-13-7-15(16(20)9-24-13)18(28)26-11(2)12-4-5-17(25-8-12)29-10-19(21,22)23/h4-5,7-9,11H,3,6,10H2,1-2H3,(H,26,28). The van der Waals surface area contributed by atoms with Crippen molar-refractivity contribution in [2.24, 2.45) is 0 Å². The molecule has 0 aliphatic carbocycles. The summed E-state index contributed by atoms with van der Waals surface area (Å²) in [6.45, 7) is 1.98. The Morgan fingerprint density at radius 1 is 1.24 bits per heavy atom. The summed E-state index contributed by atoms with van der Waals surface area (Å²) in [5, 5.41) is 2.86. The zero-order valence-corrected chi connectivity index (χ0v) is 16.5. The average Bonchev–Trinajstić information content (AvgIpc) is 2.67. The maximum atomic E-state index is 12.6. The second kappa shape index (κ2) is 9.69. The Kier molecular flexibility index (Phi) is 7.55. The maximum absolute atomic E-state index is 12.6. The van der Waals surface area contributed by atoms with Gasteiger partial charge in [-0.2, -0.15) is 13.2 Å². The molecule has 2 aromatic rings. The Bertz CT molecular complexity index is 873. The zero-order chi connectivity index (χ0) is 21.6. The fraction of sp³-hybridized carbons (Fsp3) is 0.368. The van der Waals surface area contributed by atoms with Crippen LogP contribution in [0.5, 0.6) is 5.88 Å². The number of halogens is 4. The second-order valence-electron chi connectivity index (χ2n) is 6.25. The molecule has 1 N–H and O–H groups in total. The summed E-state index contributed by atoms with van der Waals surface area (Å²) in [5.41, 5.74) is 1.17. The van der Waals surface area contributed by atoms with Crippen molar-refractivity contribution in [3.8, 4) is 5.88 Å². The first-order valence-electron chi connectivity index (χ1n) is 8.71. The molecule has 0 spiro atoms. The van der Waals surface area contributed by atoms with Crippen molar-refractivity contribution in [2.45, 2.75) is 38.9 Å². The van der Waals surface area contributed by atoms with Gasteiger partial charge in [0.25, 0.3) is 5.91 Å². The highest BCUT2D eigenvalue weighted by Crippen LogP contribution is 2.21. The number of pyridine rings is 2. The fourth-order valence-electron chi connectivity index (χ4n) is 2.33. The summed E-state index contributed by atoms with van der Waals surface area (Å²) in [4.78, 5) is 32.0. The molecule has 0 aliphatic heterocycles. The summed E-state index contributed by atoms with van der Waals surface area (Å²) in [6.07, 6.45) is -1.36. The Hall–Kier alpha value is -2.68. The number of ether oxygens (including phenoxy) is 1. The van der Waals surface area contributed by atoms with Crippen LogP contribution in [-0.2, 0) is 11.2 Å². The van der Waals surface area contributed by atoms with Crippen molar-refractivity contribution < 1.29 is 27.5 Å². The van der Waals surface area contributed by atoms with Gasteiger partial charge in [-0.25, -0.2) is 4.98 Å². The number of alkyl halides is 3. The van der Waals surface area contributed by atoms with Gasteiger partial charge >= 0.3 is 6.18 Å². The molecule has 29 heavy (non-hydrogen) atoms. The van der Waals surface area contributed by atoms with Gasteiger partial charge in [-0.15, -0.1) is 0 Å². The van der Waals surface area contributed by atoms with E-state index in [-0.39, 0.29) is 28.7 Å². The topological polar surface area (TPSA) is 81.2 Å². The van der Waals surface area contributed by atoms with Gasteiger partial charge in [0.1, 0.15) is 5.78 Å². The molecule has 0 saturated heterocycles. The molecule has 2 heterocycles. The van der Waals surface area contributed by atoms with Crippen molar-refractivity contribution in [1.29, 1.82) is 0 Å². The normalized spacial score (nSPS) is 12.3. The van der Waals surface area contributed by atoms with E-state index in [1.165, 1.54) is 30.6 Å². The SMILES string of the molecule is CCC(=O)Cc1cc(C(=O)NC(C)c2ccc(OCC(F)(F)F)nc2)c(Cl)cn1. The molecule has 6 nitrogen and oxygen atoms in total. The van der Waals surface area contributed by atoms with Crippen molar-refractivity contribution in [2.75, 3.05) is 6.61 Å². The molecule has 0 bridgehead atoms. The van der Waals surface area contributed by atoms with Crippen molar-refractivity contribution in [1.82, 2.24) is 15.3 Å². The number of hydrogen-bond acceptors (Lipinski definition) is 5. The van der Waals surface area contributed by atoms with Gasteiger partial charge in [0.15, 0.2) is 6.61 Å². The molecule has 1 amide bonds. The molecule has 2 aromatic heterocycles. The predicted octanol–water partition coefficient (Wildman–Crippen LogP) is 4.08. The van der Waals surface area contributed by atoms with Crippen molar-refractivity contribution in [3.05, 3.63) is 52.4 Å². The van der Waals surface area contributed by atoms with E-state index in [0.717, 1.165) is 0 Å². The third kappa shape index (κ3) is 7.01. The molecule has 156 valence electrons. The van der Waals surface area contributed by atoms with E-state index in [0.29, 0.717) is 17.7 Å². The molecular weight excluding hydrogens is 411 g/mol. The summed E-state index contributed by atoms with van der Waals surface area (Å²) in [5.74, 6) is -0.669. The highest BCUT2D eigenvalue weighted by molar-refractivity contribution is 6.33. The summed E-state index contributed by atoms with van der Waals surface area (Å²) in [6, 6.07) is 3.75. The monoisotopic (exact) mass is 429 g/mol. The van der Waals surface area contributed by atoms with Crippen LogP contribution in [0.3, 0.4) is 0 Å². The van der Waals surface area contributed by atoms with Crippen molar-refractivity contribution in [3.63, 3.8) is 0 Å². The minimum atomic E-state index is -4.45. The number of ketones is 1. The average molecular weight is 430 g/mol. The van der Waals surface area contributed by atoms with Crippen LogP contribution in [0.4, 0.5) is 13.2 Å². The summed E-state index contributed by atoms with van der Waals surface area (Å²) < 4.78 is 41.1. The minimum Gasteiger partial charge on any atom is -0.468 e. The molecule has 2 rings (SSSR count). The van der Waals surface area contributed by atoms with Crippen LogP contribution in [0.25, 0.3) is 0 Å². The molecule has 0 aromatic carbocycles. The fourth-order valence-corrected chi connectivity index (χ4v) is 2.52. The highest BCUT2D eigenvalue weighted by Gasteiger charge is 2.28. The van der Waals surface area contributed by atoms with Gasteiger partial charge in [0.05, 0.1) is 16.6 Å². The smallest absolute Gasteiger partial charge is 0.422 e. The first-order chi connectivity index (χ1) is 13.6. The van der Waals surface area contributed by atoms with E-state index in [1.54, 1.807) is 13.8 Å². The summed E-state index contributed by atoms with van der Waals surface area (Å²) in [7, 11) is 0. The maximum Gasteiger partial charge on any atom is 0.422 e. The lowest BCUT2D eigenvalue weighted by atomic mass is 10.1. The lowest BCUT2D eigenvalue weighted by molar-refractivity contribution is -0.154. The van der Waals surface area contributed by atoms with Crippen LogP contribution in [0.1, 0.15) is 47.9 Å². The number of aromatic nitrogens is 2. The van der Waals surface area contributed by atoms with E-state index in [1.807, 2.05) is 0 Å². The van der Waals surface area contributed by atoms with Gasteiger partial charge < -0.3 is 10.1 Å². The Morgan fingerprint density at radius 2 is 1.97 bits per heavy atom. The van der Waals surface area contributed by atoms with Crippen LogP contribution < -0.4 is 10.1 Å². The number of nitrogens with one attached hydrogen (secondary N) is 1. The van der Waals surface area contributed by atoms with Crippen LogP contribution in [0.15, 0.2) is 30.6 Å². The molecule has 1 atom stereocenters. The van der Waals surface area contributed by atoms with Gasteiger partial charge in [0, 0.05) is 37.0 Å². The molecule has 0 radical (unpaired) electrons. The van der Waals surface area contributed by atoms with E-state index >= 15 is 0 Å². The van der Waals surface area contributed by atoms with E-state index in [2.05, 4.69) is 20.0 Å². The van der Waals surface area contributed by atoms with Gasteiger partial charge in [-0.05, 0) is 18.6 Å². The molecule has 0 saturated carbocycles.